The molecule has 0 aliphatic carbocycles. The number of methoxy groups -OCH3 is 1. The van der Waals surface area contributed by atoms with Crippen LogP contribution in [0.3, 0.4) is 0 Å². The number of nitrogens with zero attached hydrogens (tertiary/aromatic N) is 2. The molecule has 1 saturated heterocycles. The molecule has 1 fully saturated rings. The number of hydrogen-bond donors (Lipinski definition) is 2. The van der Waals surface area contributed by atoms with Crippen LogP contribution >= 0.6 is 0 Å². The van der Waals surface area contributed by atoms with Crippen molar-refractivity contribution in [3.63, 3.8) is 0 Å². The number of non-ortho nitro benzene ring substituents is 1. The summed E-state index contributed by atoms with van der Waals surface area (Å²) in [6, 6.07) is 15.7. The van der Waals surface area contributed by atoms with Crippen LogP contribution in [0.25, 0.3) is 5.76 Å². The van der Waals surface area contributed by atoms with Gasteiger partial charge in [0.05, 0.1) is 29.2 Å². The van der Waals surface area contributed by atoms with Crippen LogP contribution in [0.15, 0.2) is 78.4 Å². The maximum absolute atomic E-state index is 13.1. The first-order chi connectivity index (χ1) is 16.7. The van der Waals surface area contributed by atoms with Gasteiger partial charge in [0.2, 0.25) is 0 Å². The number of hydrogen-bond acceptors (Lipinski definition) is 7. The Hall–Kier alpha value is -4.99. The van der Waals surface area contributed by atoms with E-state index >= 15 is 0 Å². The maximum Gasteiger partial charge on any atom is 0.335 e. The molecule has 1 amide bonds. The molecule has 0 aromatic heterocycles. The number of carbonyl (C=O) groups excluding carboxylic acids is 2. The molecule has 3 aromatic carbocycles. The number of Topliss-reactive ketones (excluding diaryl/α,β-unsaturated/α-hetero) is 1. The van der Waals surface area contributed by atoms with E-state index in [-0.39, 0.29) is 28.1 Å². The van der Waals surface area contributed by atoms with E-state index in [0.29, 0.717) is 11.3 Å². The van der Waals surface area contributed by atoms with Crippen molar-refractivity contribution >= 4 is 34.8 Å². The monoisotopic (exact) mass is 474 g/mol. The second-order valence-electron chi connectivity index (χ2n) is 7.60. The molecule has 0 spiro atoms. The van der Waals surface area contributed by atoms with Gasteiger partial charge in [-0.15, -0.1) is 0 Å². The van der Waals surface area contributed by atoms with Crippen molar-refractivity contribution in [3.8, 4) is 5.75 Å². The molecule has 10 heteroatoms. The van der Waals surface area contributed by atoms with Crippen LogP contribution in [0.4, 0.5) is 11.4 Å². The minimum atomic E-state index is -1.16. The minimum Gasteiger partial charge on any atom is -0.507 e. The lowest BCUT2D eigenvalue weighted by Crippen LogP contribution is -2.29. The average Bonchev–Trinajstić information content (AvgIpc) is 3.14. The van der Waals surface area contributed by atoms with Gasteiger partial charge in [-0.1, -0.05) is 0 Å². The number of rotatable bonds is 6. The zero-order valence-corrected chi connectivity index (χ0v) is 18.2. The van der Waals surface area contributed by atoms with E-state index in [4.69, 9.17) is 4.74 Å². The number of amides is 1. The quantitative estimate of drug-likeness (QED) is 0.180. The fraction of sp³-hybridized carbons (Fsp3) is 0.0800. The number of ether oxygens (including phenoxy) is 1. The molecular weight excluding hydrogens is 456 g/mol. The first-order valence-corrected chi connectivity index (χ1v) is 10.3. The van der Waals surface area contributed by atoms with Gasteiger partial charge in [0.1, 0.15) is 11.5 Å². The summed E-state index contributed by atoms with van der Waals surface area (Å²) in [6.45, 7) is 0. The fourth-order valence-corrected chi connectivity index (χ4v) is 3.86. The number of carboxylic acid groups (broad SMARTS) is 1. The lowest BCUT2D eigenvalue weighted by atomic mass is 9.95. The van der Waals surface area contributed by atoms with Crippen LogP contribution in [-0.4, -0.2) is 39.9 Å². The second-order valence-corrected chi connectivity index (χ2v) is 7.60. The Labute approximate surface area is 198 Å². The zero-order chi connectivity index (χ0) is 25.3. The van der Waals surface area contributed by atoms with Gasteiger partial charge in [0.15, 0.2) is 0 Å². The van der Waals surface area contributed by atoms with Gasteiger partial charge in [-0.25, -0.2) is 4.79 Å². The third-order valence-electron chi connectivity index (χ3n) is 5.62. The van der Waals surface area contributed by atoms with E-state index in [9.17, 15) is 34.7 Å². The Morgan fingerprint density at radius 1 is 0.914 bits per heavy atom. The second kappa shape index (κ2) is 9.10. The summed E-state index contributed by atoms with van der Waals surface area (Å²) >= 11 is 0. The first kappa shape index (κ1) is 23.2. The van der Waals surface area contributed by atoms with Gasteiger partial charge in [-0.05, 0) is 66.2 Å². The van der Waals surface area contributed by atoms with Crippen LogP contribution in [0.5, 0.6) is 5.75 Å². The highest BCUT2D eigenvalue weighted by atomic mass is 16.6. The molecule has 176 valence electrons. The topological polar surface area (TPSA) is 147 Å². The summed E-state index contributed by atoms with van der Waals surface area (Å²) in [6.07, 6.45) is 0. The molecule has 0 radical (unpaired) electrons. The highest BCUT2D eigenvalue weighted by molar-refractivity contribution is 6.51. The van der Waals surface area contributed by atoms with Crippen LogP contribution in [-0.2, 0) is 9.59 Å². The van der Waals surface area contributed by atoms with Crippen molar-refractivity contribution in [2.24, 2.45) is 0 Å². The SMILES string of the molecule is COc1ccc(/C(O)=C2\C(=O)C(=O)N(c3ccc(C(=O)O)cc3)C2c2ccc([N+](=O)[O-])cc2)cc1. The molecular formula is C25H18N2O8. The standard InChI is InChI=1S/C25H18N2O8/c1-35-19-12-6-15(7-13-19)22(28)20-21(14-2-10-18(11-3-14)27(33)34)26(24(30)23(20)29)17-8-4-16(5-9-17)25(31)32/h2-13,21,28H,1H3,(H,31,32)/b22-20+. The number of aliphatic hydroxyl groups excluding tert-OH is 1. The number of carboxylic acids is 1. The molecule has 2 N–H and O–H groups in total. The molecule has 0 bridgehead atoms. The highest BCUT2D eigenvalue weighted by Crippen LogP contribution is 2.42. The third kappa shape index (κ3) is 4.20. The average molecular weight is 474 g/mol. The number of aromatic carboxylic acids is 1. The zero-order valence-electron chi connectivity index (χ0n) is 18.2. The van der Waals surface area contributed by atoms with Crippen molar-refractivity contribution < 1.29 is 34.3 Å². The Bertz CT molecular complexity index is 1360. The summed E-state index contributed by atoms with van der Waals surface area (Å²) in [5, 5.41) is 31.4. The summed E-state index contributed by atoms with van der Waals surface area (Å²) in [7, 11) is 1.48. The molecule has 1 atom stereocenters. The number of aliphatic hydroxyl groups is 1. The fourth-order valence-electron chi connectivity index (χ4n) is 3.86. The molecule has 0 saturated carbocycles. The number of nitro benzene ring substituents is 1. The van der Waals surface area contributed by atoms with Crippen molar-refractivity contribution in [2.75, 3.05) is 12.0 Å². The van der Waals surface area contributed by atoms with Crippen molar-refractivity contribution in [1.29, 1.82) is 0 Å². The van der Waals surface area contributed by atoms with Crippen molar-refractivity contribution in [2.45, 2.75) is 6.04 Å². The van der Waals surface area contributed by atoms with E-state index in [2.05, 4.69) is 0 Å². The molecule has 1 heterocycles. The number of anilines is 1. The molecule has 1 unspecified atom stereocenters. The summed E-state index contributed by atoms with van der Waals surface area (Å²) in [5.41, 5.74) is 0.400. The van der Waals surface area contributed by atoms with Gasteiger partial charge >= 0.3 is 5.97 Å². The molecule has 10 nitrogen and oxygen atoms in total. The van der Waals surface area contributed by atoms with Crippen molar-refractivity contribution in [1.82, 2.24) is 0 Å². The van der Waals surface area contributed by atoms with E-state index in [0.717, 1.165) is 4.90 Å². The Kier molecular flexibility index (Phi) is 6.03. The smallest absolute Gasteiger partial charge is 0.335 e. The minimum absolute atomic E-state index is 0.0181. The van der Waals surface area contributed by atoms with Gasteiger partial charge in [0.25, 0.3) is 17.4 Å². The number of ketones is 1. The Balaban J connectivity index is 1.90. The van der Waals surface area contributed by atoms with Crippen LogP contribution < -0.4 is 9.64 Å². The lowest BCUT2D eigenvalue weighted by molar-refractivity contribution is -0.384. The lowest BCUT2D eigenvalue weighted by Gasteiger charge is -2.25. The van der Waals surface area contributed by atoms with Crippen molar-refractivity contribution in [3.05, 3.63) is 105 Å². The number of benzene rings is 3. The highest BCUT2D eigenvalue weighted by Gasteiger charge is 2.47. The Morgan fingerprint density at radius 3 is 2.00 bits per heavy atom. The molecule has 4 rings (SSSR count). The number of nitro groups is 1. The van der Waals surface area contributed by atoms with E-state index < -0.39 is 34.4 Å². The van der Waals surface area contributed by atoms with E-state index in [1.807, 2.05) is 0 Å². The first-order valence-electron chi connectivity index (χ1n) is 10.3. The van der Waals surface area contributed by atoms with Gasteiger partial charge in [0, 0.05) is 23.4 Å². The van der Waals surface area contributed by atoms with Crippen LogP contribution in [0.1, 0.15) is 27.5 Å². The molecule has 1 aliphatic heterocycles. The summed E-state index contributed by atoms with van der Waals surface area (Å²) in [4.78, 5) is 49.1. The largest absolute Gasteiger partial charge is 0.507 e. The molecule has 3 aromatic rings. The number of carbonyl (C=O) groups is 3. The third-order valence-corrected chi connectivity index (χ3v) is 5.62. The summed E-state index contributed by atoms with van der Waals surface area (Å²) in [5.74, 6) is -2.97. The summed E-state index contributed by atoms with van der Waals surface area (Å²) < 4.78 is 5.11. The van der Waals surface area contributed by atoms with Crippen LogP contribution in [0, 0.1) is 10.1 Å². The van der Waals surface area contributed by atoms with E-state index in [1.54, 1.807) is 12.1 Å². The van der Waals surface area contributed by atoms with Gasteiger partial charge < -0.3 is 14.9 Å². The van der Waals surface area contributed by atoms with Gasteiger partial charge in [-0.3, -0.25) is 24.6 Å². The predicted molar refractivity (Wildman–Crippen MR) is 124 cm³/mol. The van der Waals surface area contributed by atoms with Crippen LogP contribution in [0.2, 0.25) is 0 Å². The molecule has 1 aliphatic rings. The normalized spacial score (nSPS) is 16.8. The predicted octanol–water partition coefficient (Wildman–Crippen LogP) is 3.93. The van der Waals surface area contributed by atoms with E-state index in [1.165, 1.54) is 67.8 Å². The van der Waals surface area contributed by atoms with Gasteiger partial charge in [-0.2, -0.15) is 0 Å². The maximum atomic E-state index is 13.1. The molecule has 35 heavy (non-hydrogen) atoms. The Morgan fingerprint density at radius 2 is 1.49 bits per heavy atom.